The second-order valence-electron chi connectivity index (χ2n) is 12.3. The molecule has 5 heterocycles. The maximum Gasteiger partial charge on any atom is 0.303 e. The van der Waals surface area contributed by atoms with Gasteiger partial charge in [-0.1, -0.05) is 0 Å². The molecule has 0 aliphatic carbocycles. The summed E-state index contributed by atoms with van der Waals surface area (Å²) in [5.41, 5.74) is 10.2. The van der Waals surface area contributed by atoms with E-state index in [9.17, 15) is 29.4 Å². The number of hydrogen-bond donors (Lipinski definition) is 6. The van der Waals surface area contributed by atoms with Crippen molar-refractivity contribution in [2.75, 3.05) is 14.2 Å². The number of aliphatic carboxylic acids is 2. The van der Waals surface area contributed by atoms with Gasteiger partial charge >= 0.3 is 11.9 Å². The number of nitrogens with one attached hydrogen (secondary N) is 4. The molecular weight excluding hydrogens is 604 g/mol. The number of carboxylic acid groups (broad SMARTS) is 2. The van der Waals surface area contributed by atoms with E-state index in [0.29, 0.717) is 41.8 Å². The van der Waals surface area contributed by atoms with Gasteiger partial charge in [0.25, 0.3) is 11.8 Å². The van der Waals surface area contributed by atoms with Crippen molar-refractivity contribution in [1.82, 2.24) is 20.6 Å². The van der Waals surface area contributed by atoms with Gasteiger partial charge in [0.15, 0.2) is 0 Å². The summed E-state index contributed by atoms with van der Waals surface area (Å²) in [4.78, 5) is 56.8. The number of aromatic nitrogens is 2. The van der Waals surface area contributed by atoms with Crippen LogP contribution in [0.25, 0.3) is 12.2 Å². The molecule has 47 heavy (non-hydrogen) atoms. The van der Waals surface area contributed by atoms with E-state index < -0.39 is 24.1 Å². The molecule has 2 aromatic rings. The molecule has 5 rings (SSSR count). The summed E-state index contributed by atoms with van der Waals surface area (Å²) in [5.74, 6) is -2.37. The number of hydrogen-bond acceptors (Lipinski definition) is 6. The largest absolute Gasteiger partial charge is 0.481 e. The van der Waals surface area contributed by atoms with Crippen molar-refractivity contribution in [2.45, 2.75) is 84.8 Å². The maximum absolute atomic E-state index is 13.3. The fourth-order valence-electron chi connectivity index (χ4n) is 6.96. The van der Waals surface area contributed by atoms with Gasteiger partial charge in [0, 0.05) is 67.7 Å². The van der Waals surface area contributed by atoms with Gasteiger partial charge in [0.05, 0.1) is 23.4 Å². The number of carboxylic acids is 2. The summed E-state index contributed by atoms with van der Waals surface area (Å²) < 4.78 is 11.6. The monoisotopic (exact) mass is 646 g/mol. The van der Waals surface area contributed by atoms with Crippen LogP contribution in [-0.4, -0.2) is 70.4 Å². The van der Waals surface area contributed by atoms with Crippen LogP contribution in [0.1, 0.15) is 84.6 Å². The summed E-state index contributed by atoms with van der Waals surface area (Å²) in [7, 11) is 3.11. The zero-order valence-electron chi connectivity index (χ0n) is 27.6. The molecule has 8 bridgehead atoms. The van der Waals surface area contributed by atoms with Gasteiger partial charge in [-0.05, 0) is 98.9 Å². The Kier molecular flexibility index (Phi) is 9.73. The smallest absolute Gasteiger partial charge is 0.303 e. The van der Waals surface area contributed by atoms with Crippen molar-refractivity contribution < 1.29 is 38.9 Å². The molecule has 2 amide bonds. The van der Waals surface area contributed by atoms with Gasteiger partial charge in [0.1, 0.15) is 0 Å². The highest BCUT2D eigenvalue weighted by atomic mass is 16.5. The Balaban J connectivity index is 1.73. The number of methoxy groups -OCH3 is 2. The molecule has 3 aliphatic rings. The second kappa shape index (κ2) is 13.6. The number of aromatic amines is 2. The number of H-pyrrole nitrogens is 2. The quantitative estimate of drug-likeness (QED) is 0.249. The number of amides is 2. The van der Waals surface area contributed by atoms with E-state index in [1.807, 2.05) is 39.8 Å². The molecule has 0 fully saturated rings. The number of carbonyl (C=O) groups excluding carboxylic acids is 2. The van der Waals surface area contributed by atoms with E-state index in [4.69, 9.17) is 9.47 Å². The van der Waals surface area contributed by atoms with Crippen LogP contribution in [0.2, 0.25) is 0 Å². The van der Waals surface area contributed by atoms with Gasteiger partial charge in [-0.3, -0.25) is 19.2 Å². The molecule has 12 nitrogen and oxygen atoms in total. The normalized spacial score (nSPS) is 22.2. The minimum atomic E-state index is -0.918. The summed E-state index contributed by atoms with van der Waals surface area (Å²) in [6.45, 7) is 7.56. The van der Waals surface area contributed by atoms with E-state index in [-0.39, 0.29) is 37.5 Å². The van der Waals surface area contributed by atoms with Gasteiger partial charge in [-0.25, -0.2) is 0 Å². The first-order chi connectivity index (χ1) is 22.3. The highest BCUT2D eigenvalue weighted by molar-refractivity contribution is 6.03. The highest BCUT2D eigenvalue weighted by Gasteiger charge is 2.35. The molecule has 2 aromatic heterocycles. The molecular formula is C35H42N4O8. The number of carbonyl (C=O) groups is 4. The van der Waals surface area contributed by atoms with Crippen molar-refractivity contribution >= 4 is 35.9 Å². The van der Waals surface area contributed by atoms with Crippen LogP contribution in [0.15, 0.2) is 33.7 Å². The fraction of sp³-hybridized carbons (Fsp3) is 0.429. The van der Waals surface area contributed by atoms with Crippen molar-refractivity contribution in [3.63, 3.8) is 0 Å². The third-order valence-electron chi connectivity index (χ3n) is 9.63. The van der Waals surface area contributed by atoms with Crippen molar-refractivity contribution in [1.29, 1.82) is 0 Å². The SMILES string of the molecule is COC1CCC(OC)C2=C(C)/C(=C/c3[nH]c(c(CCC(=O)O)c3C)Cc3[nH]c(c(C)c3CCC(=O)O)/C=C3\NC(=O)C1=C3C)NC2=O. The Morgan fingerprint density at radius 1 is 0.723 bits per heavy atom. The third kappa shape index (κ3) is 6.61. The predicted molar refractivity (Wildman–Crippen MR) is 174 cm³/mol. The molecule has 0 spiro atoms. The lowest BCUT2D eigenvalue weighted by Gasteiger charge is -2.21. The van der Waals surface area contributed by atoms with Crippen molar-refractivity contribution in [3.05, 3.63) is 78.7 Å². The van der Waals surface area contributed by atoms with E-state index in [2.05, 4.69) is 20.6 Å². The molecule has 2 atom stereocenters. The average molecular weight is 647 g/mol. The molecule has 0 aromatic carbocycles. The van der Waals surface area contributed by atoms with Crippen LogP contribution < -0.4 is 10.6 Å². The van der Waals surface area contributed by atoms with E-state index >= 15 is 0 Å². The standard InChI is InChI=1S/C35H42N4O8/c1-16-20(7-11-30(40)41)26-15-27-21(8-12-31(42)43)17(2)23(37-27)14-25-19(4)33(35(45)39-25)29(47-6)10-9-28(46-5)32-18(3)24(38-34(32)44)13-22(16)36-26/h13-14,28-29,36-37H,7-12,15H2,1-6H3,(H,38,44)(H,39,45)(H,40,41)(H,42,43)/b24-13-,25-14-. The van der Waals surface area contributed by atoms with Gasteiger partial charge < -0.3 is 40.3 Å². The molecule has 2 unspecified atom stereocenters. The Hall–Kier alpha value is -4.68. The predicted octanol–water partition coefficient (Wildman–Crippen LogP) is 3.98. The van der Waals surface area contributed by atoms with E-state index in [0.717, 1.165) is 56.2 Å². The minimum absolute atomic E-state index is 0.0693. The number of rotatable bonds is 8. The van der Waals surface area contributed by atoms with Gasteiger partial charge in [0.2, 0.25) is 0 Å². The van der Waals surface area contributed by atoms with E-state index in [1.54, 1.807) is 14.2 Å². The lowest BCUT2D eigenvalue weighted by Crippen LogP contribution is -2.28. The lowest BCUT2D eigenvalue weighted by molar-refractivity contribution is -0.138. The molecule has 250 valence electrons. The van der Waals surface area contributed by atoms with Crippen LogP contribution in [0.5, 0.6) is 0 Å². The van der Waals surface area contributed by atoms with E-state index in [1.165, 1.54) is 0 Å². The lowest BCUT2D eigenvalue weighted by atomic mass is 9.95. The zero-order valence-corrected chi connectivity index (χ0v) is 27.6. The summed E-state index contributed by atoms with van der Waals surface area (Å²) in [5, 5.41) is 25.0. The topological polar surface area (TPSA) is 183 Å². The maximum atomic E-state index is 13.3. The van der Waals surface area contributed by atoms with Gasteiger partial charge in [-0.15, -0.1) is 0 Å². The van der Waals surface area contributed by atoms with Crippen molar-refractivity contribution in [2.24, 2.45) is 0 Å². The van der Waals surface area contributed by atoms with Crippen LogP contribution >= 0.6 is 0 Å². The summed E-state index contributed by atoms with van der Waals surface area (Å²) in [6, 6.07) is 0. The number of fused-ring (bicyclic) bond motifs is 6. The first-order valence-electron chi connectivity index (χ1n) is 15.7. The van der Waals surface area contributed by atoms with Crippen LogP contribution in [-0.2, 0) is 47.9 Å². The first-order valence-corrected chi connectivity index (χ1v) is 15.7. The highest BCUT2D eigenvalue weighted by Crippen LogP contribution is 2.34. The average Bonchev–Trinajstić information content (AvgIpc) is 3.66. The Labute approximate surface area is 273 Å². The van der Waals surface area contributed by atoms with Gasteiger partial charge in [-0.2, -0.15) is 0 Å². The first kappa shape index (κ1) is 33.7. The molecule has 12 heteroatoms. The number of ether oxygens (including phenoxy) is 2. The molecule has 3 aliphatic heterocycles. The minimum Gasteiger partial charge on any atom is -0.481 e. The summed E-state index contributed by atoms with van der Waals surface area (Å²) in [6.07, 6.45) is 4.26. The molecule has 6 N–H and O–H groups in total. The zero-order chi connectivity index (χ0) is 34.2. The summed E-state index contributed by atoms with van der Waals surface area (Å²) >= 11 is 0. The number of allylic oxidation sites excluding steroid dienone is 2. The Morgan fingerprint density at radius 2 is 1.11 bits per heavy atom. The van der Waals surface area contributed by atoms with Crippen LogP contribution in [0.3, 0.4) is 0 Å². The fourth-order valence-corrected chi connectivity index (χ4v) is 6.96. The third-order valence-corrected chi connectivity index (χ3v) is 9.63. The van der Waals surface area contributed by atoms with Crippen LogP contribution in [0.4, 0.5) is 0 Å². The Bertz CT molecular complexity index is 1660. The molecule has 0 saturated heterocycles. The molecule has 0 radical (unpaired) electrons. The van der Waals surface area contributed by atoms with Crippen molar-refractivity contribution in [3.8, 4) is 0 Å². The Morgan fingerprint density at radius 3 is 1.45 bits per heavy atom. The second-order valence-corrected chi connectivity index (χ2v) is 12.3. The van der Waals surface area contributed by atoms with Crippen LogP contribution in [0, 0.1) is 13.8 Å². The molecule has 0 saturated carbocycles.